The lowest BCUT2D eigenvalue weighted by Gasteiger charge is -2.04. The maximum atomic E-state index is 11.2. The van der Waals surface area contributed by atoms with Crippen LogP contribution in [0, 0.1) is 0 Å². The van der Waals surface area contributed by atoms with Crippen molar-refractivity contribution >= 4 is 27.5 Å². The number of benzene rings is 1. The minimum absolute atomic E-state index is 0.107. The Morgan fingerprint density at radius 1 is 1.22 bits per heavy atom. The lowest BCUT2D eigenvalue weighted by molar-refractivity contribution is -0.113. The normalized spacial score (nSPS) is 10.1. The minimum Gasteiger partial charge on any atom is -0.325 e. The number of aromatic nitrogens is 2. The zero-order valence-corrected chi connectivity index (χ0v) is 10.9. The van der Waals surface area contributed by atoms with Gasteiger partial charge in [0.05, 0.1) is 11.0 Å². The molecule has 1 amide bonds. The Labute approximate surface area is 111 Å². The molecule has 6 heteroatoms. The first-order valence-electron chi connectivity index (χ1n) is 5.21. The number of halogens is 1. The van der Waals surface area contributed by atoms with E-state index >= 15 is 0 Å². The van der Waals surface area contributed by atoms with Gasteiger partial charge in [-0.25, -0.2) is 5.10 Å². The fourth-order valence-electron chi connectivity index (χ4n) is 1.42. The number of aromatic amines is 1. The molecule has 0 saturated heterocycles. The van der Waals surface area contributed by atoms with E-state index in [-0.39, 0.29) is 16.8 Å². The topological polar surface area (TPSA) is 74.8 Å². The van der Waals surface area contributed by atoms with Gasteiger partial charge in [0.25, 0.3) is 5.56 Å². The standard InChI is InChI=1S/C12H10BrN3O2/c13-7-12(18)14-9-3-1-8(2-4-9)10-5-6-11(17)16-15-10/h1-6H,7H2,(H,14,18)(H,16,17). The van der Waals surface area contributed by atoms with Crippen LogP contribution in [0.5, 0.6) is 0 Å². The van der Waals surface area contributed by atoms with Gasteiger partial charge in [-0.15, -0.1) is 0 Å². The van der Waals surface area contributed by atoms with Crippen LogP contribution >= 0.6 is 15.9 Å². The Morgan fingerprint density at radius 2 is 1.94 bits per heavy atom. The average Bonchev–Trinajstić information content (AvgIpc) is 2.40. The number of nitrogens with one attached hydrogen (secondary N) is 2. The number of rotatable bonds is 3. The van der Waals surface area contributed by atoms with Crippen molar-refractivity contribution in [2.75, 3.05) is 10.6 Å². The molecule has 92 valence electrons. The molecule has 0 aliphatic rings. The van der Waals surface area contributed by atoms with Crippen molar-refractivity contribution in [3.05, 3.63) is 46.8 Å². The maximum absolute atomic E-state index is 11.2. The summed E-state index contributed by atoms with van der Waals surface area (Å²) in [5.74, 6) is -0.107. The molecule has 18 heavy (non-hydrogen) atoms. The van der Waals surface area contributed by atoms with Crippen molar-refractivity contribution in [1.29, 1.82) is 0 Å². The highest BCUT2D eigenvalue weighted by Gasteiger charge is 2.02. The molecule has 5 nitrogen and oxygen atoms in total. The molecule has 2 aromatic rings. The minimum atomic E-state index is -0.236. The van der Waals surface area contributed by atoms with E-state index in [2.05, 4.69) is 31.4 Å². The van der Waals surface area contributed by atoms with Gasteiger partial charge in [0.1, 0.15) is 0 Å². The lowest BCUT2D eigenvalue weighted by atomic mass is 10.1. The highest BCUT2D eigenvalue weighted by molar-refractivity contribution is 9.09. The second kappa shape index (κ2) is 5.59. The van der Waals surface area contributed by atoms with Gasteiger partial charge in [-0.1, -0.05) is 28.1 Å². The monoisotopic (exact) mass is 307 g/mol. The molecule has 1 aromatic heterocycles. The van der Waals surface area contributed by atoms with Gasteiger partial charge >= 0.3 is 0 Å². The van der Waals surface area contributed by atoms with Gasteiger partial charge in [0, 0.05) is 17.3 Å². The number of amides is 1. The predicted molar refractivity (Wildman–Crippen MR) is 72.7 cm³/mol. The highest BCUT2D eigenvalue weighted by atomic mass is 79.9. The van der Waals surface area contributed by atoms with Crippen molar-refractivity contribution < 1.29 is 4.79 Å². The highest BCUT2D eigenvalue weighted by Crippen LogP contribution is 2.18. The Balaban J connectivity index is 2.19. The molecular weight excluding hydrogens is 298 g/mol. The van der Waals surface area contributed by atoms with Crippen molar-refractivity contribution in [3.8, 4) is 11.3 Å². The van der Waals surface area contributed by atoms with Crippen molar-refractivity contribution in [3.63, 3.8) is 0 Å². The van der Waals surface area contributed by atoms with Crippen molar-refractivity contribution in [2.24, 2.45) is 0 Å². The van der Waals surface area contributed by atoms with Gasteiger partial charge in [-0.3, -0.25) is 9.59 Å². The van der Waals surface area contributed by atoms with Gasteiger partial charge in [0.2, 0.25) is 5.91 Å². The van der Waals surface area contributed by atoms with Gasteiger partial charge in [0.15, 0.2) is 0 Å². The number of hydrogen-bond donors (Lipinski definition) is 2. The first kappa shape index (κ1) is 12.5. The number of carbonyl (C=O) groups is 1. The first-order valence-corrected chi connectivity index (χ1v) is 6.33. The maximum Gasteiger partial charge on any atom is 0.264 e. The molecule has 0 atom stereocenters. The van der Waals surface area contributed by atoms with Crippen LogP contribution in [0.25, 0.3) is 11.3 Å². The van der Waals surface area contributed by atoms with E-state index in [0.29, 0.717) is 11.4 Å². The zero-order valence-electron chi connectivity index (χ0n) is 9.31. The van der Waals surface area contributed by atoms with Gasteiger partial charge in [-0.05, 0) is 18.2 Å². The van der Waals surface area contributed by atoms with E-state index in [0.717, 1.165) is 5.56 Å². The van der Waals surface area contributed by atoms with E-state index in [1.807, 2.05) is 12.1 Å². The summed E-state index contributed by atoms with van der Waals surface area (Å²) in [6.45, 7) is 0. The molecule has 0 spiro atoms. The van der Waals surface area contributed by atoms with Crippen LogP contribution in [-0.4, -0.2) is 21.4 Å². The number of H-pyrrole nitrogens is 1. The largest absolute Gasteiger partial charge is 0.325 e. The molecule has 0 aliphatic heterocycles. The fourth-order valence-corrected chi connectivity index (χ4v) is 1.56. The van der Waals surface area contributed by atoms with Crippen LogP contribution in [0.3, 0.4) is 0 Å². The van der Waals surface area contributed by atoms with E-state index in [1.165, 1.54) is 6.07 Å². The number of hydrogen-bond acceptors (Lipinski definition) is 3. The zero-order chi connectivity index (χ0) is 13.0. The lowest BCUT2D eigenvalue weighted by Crippen LogP contribution is -2.12. The predicted octanol–water partition coefficient (Wildman–Crippen LogP) is 1.77. The molecule has 0 radical (unpaired) electrons. The SMILES string of the molecule is O=C(CBr)Nc1ccc(-c2ccc(=O)[nH]n2)cc1. The number of carbonyl (C=O) groups excluding carboxylic acids is 1. The third kappa shape index (κ3) is 3.04. The van der Waals surface area contributed by atoms with E-state index in [9.17, 15) is 9.59 Å². The molecule has 0 unspecified atom stereocenters. The Bertz CT molecular complexity index is 587. The number of nitrogens with zero attached hydrogens (tertiary/aromatic N) is 1. The third-order valence-electron chi connectivity index (χ3n) is 2.26. The number of alkyl halides is 1. The molecule has 0 saturated carbocycles. The third-order valence-corrected chi connectivity index (χ3v) is 2.77. The first-order chi connectivity index (χ1) is 8.69. The summed E-state index contributed by atoms with van der Waals surface area (Å²) < 4.78 is 0. The number of anilines is 1. The molecule has 2 N–H and O–H groups in total. The summed E-state index contributed by atoms with van der Waals surface area (Å²) >= 11 is 3.07. The Kier molecular flexibility index (Phi) is 3.88. The summed E-state index contributed by atoms with van der Waals surface area (Å²) in [5.41, 5.74) is 2.02. The van der Waals surface area contributed by atoms with Gasteiger partial charge in [-0.2, -0.15) is 5.10 Å². The fraction of sp³-hybridized carbons (Fsp3) is 0.0833. The van der Waals surface area contributed by atoms with E-state index in [4.69, 9.17) is 0 Å². The van der Waals surface area contributed by atoms with Crippen molar-refractivity contribution in [2.45, 2.75) is 0 Å². The molecule has 1 aromatic carbocycles. The summed E-state index contributed by atoms with van der Waals surface area (Å²) in [6, 6.07) is 10.3. The van der Waals surface area contributed by atoms with Crippen LogP contribution in [0.1, 0.15) is 0 Å². The molecule has 1 heterocycles. The molecule has 0 bridgehead atoms. The summed E-state index contributed by atoms with van der Waals surface area (Å²) in [4.78, 5) is 22.1. The van der Waals surface area contributed by atoms with E-state index in [1.54, 1.807) is 18.2 Å². The summed E-state index contributed by atoms with van der Waals surface area (Å²) in [6.07, 6.45) is 0. The van der Waals surface area contributed by atoms with Gasteiger partial charge < -0.3 is 5.32 Å². The summed E-state index contributed by atoms with van der Waals surface area (Å²) in [7, 11) is 0. The molecule has 0 fully saturated rings. The smallest absolute Gasteiger partial charge is 0.264 e. The Hall–Kier alpha value is -1.95. The second-order valence-electron chi connectivity index (χ2n) is 3.57. The van der Waals surface area contributed by atoms with Crippen LogP contribution in [0.4, 0.5) is 5.69 Å². The molecule has 0 aliphatic carbocycles. The van der Waals surface area contributed by atoms with E-state index < -0.39 is 0 Å². The second-order valence-corrected chi connectivity index (χ2v) is 4.13. The van der Waals surface area contributed by atoms with Crippen LogP contribution < -0.4 is 10.9 Å². The molecular formula is C12H10BrN3O2. The Morgan fingerprint density at radius 3 is 2.50 bits per heavy atom. The summed E-state index contributed by atoms with van der Waals surface area (Å²) in [5, 5.41) is 9.27. The van der Waals surface area contributed by atoms with Crippen LogP contribution in [0.2, 0.25) is 0 Å². The van der Waals surface area contributed by atoms with Crippen LogP contribution in [-0.2, 0) is 4.79 Å². The van der Waals surface area contributed by atoms with Crippen LogP contribution in [0.15, 0.2) is 41.2 Å². The quantitative estimate of drug-likeness (QED) is 0.849. The average molecular weight is 308 g/mol. The van der Waals surface area contributed by atoms with Crippen molar-refractivity contribution in [1.82, 2.24) is 10.2 Å². The molecule has 2 rings (SSSR count).